The van der Waals surface area contributed by atoms with E-state index < -0.39 is 17.8 Å². The van der Waals surface area contributed by atoms with Crippen LogP contribution < -0.4 is 15.4 Å². The zero-order chi connectivity index (χ0) is 17.3. The normalized spacial score (nSPS) is 12.2. The average molecular weight is 371 g/mol. The molecule has 1 aromatic carbocycles. The van der Waals surface area contributed by atoms with Gasteiger partial charge in [0.1, 0.15) is 18.5 Å². The number of hydrogen-bond acceptors (Lipinski definition) is 4. The minimum atomic E-state index is -4.45. The molecule has 0 aromatic heterocycles. The first-order valence-electron chi connectivity index (χ1n) is 7.22. The molecule has 0 saturated heterocycles. The number of carbonyl (C=O) groups excluding carboxylic acids is 1. The van der Waals surface area contributed by atoms with E-state index in [1.54, 1.807) is 7.05 Å². The van der Waals surface area contributed by atoms with Gasteiger partial charge in [-0.25, -0.2) is 0 Å². The van der Waals surface area contributed by atoms with E-state index in [2.05, 4.69) is 10.6 Å². The van der Waals surface area contributed by atoms with Crippen molar-refractivity contribution in [1.29, 1.82) is 0 Å². The highest BCUT2D eigenvalue weighted by atomic mass is 35.5. The molecule has 0 aliphatic rings. The predicted octanol–water partition coefficient (Wildman–Crippen LogP) is 1.98. The van der Waals surface area contributed by atoms with E-state index in [4.69, 9.17) is 4.74 Å². The Hall–Kier alpha value is -1.51. The number of alkyl halides is 3. The molecule has 1 atom stereocenters. The number of aliphatic hydroxyl groups is 1. The molecule has 0 heterocycles. The Balaban J connectivity index is 0.00000529. The van der Waals surface area contributed by atoms with Crippen LogP contribution in [0, 0.1) is 0 Å². The first-order valence-corrected chi connectivity index (χ1v) is 7.22. The Kier molecular flexibility index (Phi) is 10.4. The molecule has 0 bridgehead atoms. The summed E-state index contributed by atoms with van der Waals surface area (Å²) in [5.41, 5.74) is -0.817. The van der Waals surface area contributed by atoms with Gasteiger partial charge in [0.2, 0.25) is 5.91 Å². The van der Waals surface area contributed by atoms with Crippen molar-refractivity contribution in [3.05, 3.63) is 29.8 Å². The lowest BCUT2D eigenvalue weighted by Gasteiger charge is -2.14. The topological polar surface area (TPSA) is 70.6 Å². The number of rotatable bonds is 9. The van der Waals surface area contributed by atoms with E-state index >= 15 is 0 Å². The number of halogens is 4. The molecule has 24 heavy (non-hydrogen) atoms. The second kappa shape index (κ2) is 11.1. The van der Waals surface area contributed by atoms with Gasteiger partial charge in [-0.2, -0.15) is 13.2 Å². The molecule has 0 fully saturated rings. The Morgan fingerprint density at radius 2 is 2.08 bits per heavy atom. The van der Waals surface area contributed by atoms with E-state index in [1.807, 2.05) is 0 Å². The summed E-state index contributed by atoms with van der Waals surface area (Å²) in [6.45, 7) is 0.490. The van der Waals surface area contributed by atoms with Crippen LogP contribution in [0.3, 0.4) is 0 Å². The second-order valence-electron chi connectivity index (χ2n) is 5.00. The van der Waals surface area contributed by atoms with Gasteiger partial charge < -0.3 is 20.5 Å². The monoisotopic (exact) mass is 370 g/mol. The number of carbonyl (C=O) groups is 1. The average Bonchev–Trinajstić information content (AvgIpc) is 2.50. The largest absolute Gasteiger partial charge is 0.491 e. The summed E-state index contributed by atoms with van der Waals surface area (Å²) in [6.07, 6.45) is -4.43. The van der Waals surface area contributed by atoms with Crippen molar-refractivity contribution in [2.75, 3.05) is 26.7 Å². The van der Waals surface area contributed by atoms with Crippen molar-refractivity contribution >= 4 is 18.3 Å². The van der Waals surface area contributed by atoms with Gasteiger partial charge in [0, 0.05) is 13.0 Å². The van der Waals surface area contributed by atoms with Crippen LogP contribution in [0.15, 0.2) is 24.3 Å². The molecule has 1 amide bonds. The van der Waals surface area contributed by atoms with Crippen molar-refractivity contribution in [2.45, 2.75) is 25.1 Å². The quantitative estimate of drug-likeness (QED) is 0.581. The van der Waals surface area contributed by atoms with Gasteiger partial charge in [0.15, 0.2) is 0 Å². The van der Waals surface area contributed by atoms with Crippen molar-refractivity contribution < 1.29 is 27.8 Å². The van der Waals surface area contributed by atoms with Gasteiger partial charge in [0.25, 0.3) is 0 Å². The number of aliphatic hydroxyl groups excluding tert-OH is 1. The minimum absolute atomic E-state index is 0. The molecule has 1 rings (SSSR count). The molecule has 138 valence electrons. The first-order chi connectivity index (χ1) is 10.8. The van der Waals surface area contributed by atoms with Gasteiger partial charge in [0.05, 0.1) is 5.56 Å². The van der Waals surface area contributed by atoms with Gasteiger partial charge in [-0.1, -0.05) is 6.07 Å². The van der Waals surface area contributed by atoms with Crippen LogP contribution in [0.25, 0.3) is 0 Å². The van der Waals surface area contributed by atoms with Crippen molar-refractivity contribution in [3.63, 3.8) is 0 Å². The van der Waals surface area contributed by atoms with Crippen molar-refractivity contribution in [3.8, 4) is 5.75 Å². The fraction of sp³-hybridized carbons (Fsp3) is 0.533. The van der Waals surface area contributed by atoms with Crippen LogP contribution in [0.2, 0.25) is 0 Å². The summed E-state index contributed by atoms with van der Waals surface area (Å²) in [5, 5.41) is 15.1. The Labute approximate surface area is 145 Å². The summed E-state index contributed by atoms with van der Waals surface area (Å²) in [6, 6.07) is 4.41. The van der Waals surface area contributed by atoms with Crippen LogP contribution in [0.5, 0.6) is 5.75 Å². The summed E-state index contributed by atoms with van der Waals surface area (Å²) >= 11 is 0. The van der Waals surface area contributed by atoms with E-state index in [0.29, 0.717) is 19.4 Å². The summed E-state index contributed by atoms with van der Waals surface area (Å²) < 4.78 is 42.8. The smallest absolute Gasteiger partial charge is 0.416 e. The van der Waals surface area contributed by atoms with Crippen LogP contribution in [0.4, 0.5) is 13.2 Å². The molecule has 1 aromatic rings. The third-order valence-electron chi connectivity index (χ3n) is 2.97. The summed E-state index contributed by atoms with van der Waals surface area (Å²) in [5.74, 6) is -0.183. The molecule has 9 heteroatoms. The van der Waals surface area contributed by atoms with Crippen LogP contribution in [-0.4, -0.2) is 43.9 Å². The van der Waals surface area contributed by atoms with Gasteiger partial charge in [-0.3, -0.25) is 4.79 Å². The maximum atomic E-state index is 12.5. The lowest BCUT2D eigenvalue weighted by molar-refractivity contribution is -0.137. The number of hydrogen-bond donors (Lipinski definition) is 3. The number of nitrogens with one attached hydrogen (secondary N) is 2. The van der Waals surface area contributed by atoms with Gasteiger partial charge in [-0.15, -0.1) is 12.4 Å². The molecule has 5 nitrogen and oxygen atoms in total. The van der Waals surface area contributed by atoms with Crippen molar-refractivity contribution in [1.82, 2.24) is 10.6 Å². The molecule has 0 spiro atoms. The maximum Gasteiger partial charge on any atom is 0.416 e. The molecule has 0 aliphatic carbocycles. The molecule has 3 N–H and O–H groups in total. The Morgan fingerprint density at radius 1 is 1.38 bits per heavy atom. The maximum absolute atomic E-state index is 12.5. The molecule has 0 saturated carbocycles. The number of benzene rings is 1. The highest BCUT2D eigenvalue weighted by Gasteiger charge is 2.30. The van der Waals surface area contributed by atoms with Crippen molar-refractivity contribution in [2.24, 2.45) is 0 Å². The zero-order valence-electron chi connectivity index (χ0n) is 13.2. The molecular formula is C15H22ClF3N2O3. The summed E-state index contributed by atoms with van der Waals surface area (Å²) in [7, 11) is 1.78. The molecule has 0 radical (unpaired) electrons. The van der Waals surface area contributed by atoms with E-state index in [0.717, 1.165) is 12.1 Å². The zero-order valence-corrected chi connectivity index (χ0v) is 14.0. The number of amides is 1. The highest BCUT2D eigenvalue weighted by molar-refractivity contribution is 5.85. The minimum Gasteiger partial charge on any atom is -0.491 e. The molecule has 1 unspecified atom stereocenters. The fourth-order valence-corrected chi connectivity index (χ4v) is 1.76. The predicted molar refractivity (Wildman–Crippen MR) is 86.4 cm³/mol. The van der Waals surface area contributed by atoms with Crippen LogP contribution >= 0.6 is 12.4 Å². The third kappa shape index (κ3) is 8.95. The SMILES string of the molecule is CNCCCC(=O)NCC(O)COc1cccc(C(F)(F)F)c1.Cl. The second-order valence-corrected chi connectivity index (χ2v) is 5.00. The summed E-state index contributed by atoms with van der Waals surface area (Å²) in [4.78, 5) is 11.4. The van der Waals surface area contributed by atoms with E-state index in [1.165, 1.54) is 12.1 Å². The lowest BCUT2D eigenvalue weighted by atomic mass is 10.2. The van der Waals surface area contributed by atoms with Gasteiger partial charge >= 0.3 is 6.18 Å². The number of ether oxygens (including phenoxy) is 1. The standard InChI is InChI=1S/C15H21F3N2O3.ClH/c1-19-7-3-6-14(22)20-9-12(21)10-23-13-5-2-4-11(8-13)15(16,17)18;/h2,4-5,8,12,19,21H,3,6-7,9-10H2,1H3,(H,20,22);1H. The first kappa shape index (κ1) is 22.5. The van der Waals surface area contributed by atoms with Gasteiger partial charge in [-0.05, 0) is 38.2 Å². The molecule has 0 aliphatic heterocycles. The van der Waals surface area contributed by atoms with E-state index in [9.17, 15) is 23.1 Å². The fourth-order valence-electron chi connectivity index (χ4n) is 1.76. The highest BCUT2D eigenvalue weighted by Crippen LogP contribution is 2.31. The van der Waals surface area contributed by atoms with Crippen LogP contribution in [-0.2, 0) is 11.0 Å². The third-order valence-corrected chi connectivity index (χ3v) is 2.97. The Morgan fingerprint density at radius 3 is 2.71 bits per heavy atom. The Bertz CT molecular complexity index is 501. The lowest BCUT2D eigenvalue weighted by Crippen LogP contribution is -2.35. The van der Waals surface area contributed by atoms with E-state index in [-0.39, 0.29) is 37.2 Å². The van der Waals surface area contributed by atoms with Crippen LogP contribution in [0.1, 0.15) is 18.4 Å². The molecular weight excluding hydrogens is 349 g/mol.